The monoisotopic (exact) mass is 423 g/mol. The first-order valence-electron chi connectivity index (χ1n) is 10.1. The molecule has 160 valence electrons. The molecule has 1 aliphatic heterocycles. The minimum Gasteiger partial charge on any atom is -0.365 e. The first-order valence-corrected chi connectivity index (χ1v) is 10.1. The largest absolute Gasteiger partial charge is 0.365 e. The van der Waals surface area contributed by atoms with Gasteiger partial charge in [0.2, 0.25) is 5.95 Å². The van der Waals surface area contributed by atoms with Crippen molar-refractivity contribution < 1.29 is 13.6 Å². The van der Waals surface area contributed by atoms with Crippen LogP contribution in [0, 0.1) is 11.6 Å². The molecule has 0 unspecified atom stereocenters. The summed E-state index contributed by atoms with van der Waals surface area (Å²) < 4.78 is 27.9. The average Bonchev–Trinajstić information content (AvgIpc) is 2.75. The third-order valence-electron chi connectivity index (χ3n) is 5.42. The van der Waals surface area contributed by atoms with Gasteiger partial charge in [0.1, 0.15) is 0 Å². The number of nitrogens with zero attached hydrogens (tertiary/aromatic N) is 3. The molecule has 0 saturated carbocycles. The van der Waals surface area contributed by atoms with Gasteiger partial charge in [-0.1, -0.05) is 36.4 Å². The number of nitrogens with two attached hydrogens (primary N) is 2. The van der Waals surface area contributed by atoms with E-state index in [-0.39, 0.29) is 17.2 Å². The number of amides is 1. The smallest absolute Gasteiger partial charge is 0.252 e. The van der Waals surface area contributed by atoms with Crippen LogP contribution >= 0.6 is 0 Å². The highest BCUT2D eigenvalue weighted by Crippen LogP contribution is 2.26. The molecule has 8 heteroatoms. The second-order valence-corrected chi connectivity index (χ2v) is 7.72. The Bertz CT molecular complexity index is 1120. The van der Waals surface area contributed by atoms with Crippen molar-refractivity contribution in [2.75, 3.05) is 18.0 Å². The first kappa shape index (κ1) is 20.9. The number of piperidine rings is 1. The van der Waals surface area contributed by atoms with E-state index in [1.165, 1.54) is 18.3 Å². The van der Waals surface area contributed by atoms with Gasteiger partial charge < -0.3 is 16.4 Å². The summed E-state index contributed by atoms with van der Waals surface area (Å²) in [5.41, 5.74) is 13.8. The summed E-state index contributed by atoms with van der Waals surface area (Å²) in [5.74, 6) is -1.92. The van der Waals surface area contributed by atoms with Gasteiger partial charge >= 0.3 is 0 Å². The van der Waals surface area contributed by atoms with Gasteiger partial charge in [-0.2, -0.15) is 0 Å². The lowest BCUT2D eigenvalue weighted by atomic mass is 9.99. The fraction of sp³-hybridized carbons (Fsp3) is 0.261. The molecular formula is C23H23F2N5O. The molecule has 1 aliphatic rings. The zero-order valence-corrected chi connectivity index (χ0v) is 16.9. The van der Waals surface area contributed by atoms with E-state index in [0.717, 1.165) is 31.0 Å². The number of hydrogen-bond acceptors (Lipinski definition) is 5. The van der Waals surface area contributed by atoms with Gasteiger partial charge in [-0.3, -0.25) is 4.79 Å². The van der Waals surface area contributed by atoms with Crippen LogP contribution in [0.5, 0.6) is 0 Å². The maximum atomic E-state index is 14.2. The van der Waals surface area contributed by atoms with Crippen molar-refractivity contribution in [3.05, 3.63) is 77.1 Å². The van der Waals surface area contributed by atoms with Crippen molar-refractivity contribution in [3.8, 4) is 11.1 Å². The standard InChI is InChI=1S/C23H23F2N5O/c24-19-8-2-7-17(21(19)25)15-5-1-4-14(10-15)11-20-18(22(27)31)12-28-23(29-20)30-9-3-6-16(26)13-30/h1-2,4-5,7-8,10,12,16H,3,6,9,11,13,26H2,(H2,27,31)/t16-/m0/s1. The highest BCUT2D eigenvalue weighted by molar-refractivity contribution is 5.93. The van der Waals surface area contributed by atoms with Crippen molar-refractivity contribution in [1.29, 1.82) is 0 Å². The molecule has 0 spiro atoms. The van der Waals surface area contributed by atoms with Crippen LogP contribution in [0.2, 0.25) is 0 Å². The third-order valence-corrected chi connectivity index (χ3v) is 5.42. The van der Waals surface area contributed by atoms with Crippen molar-refractivity contribution >= 4 is 11.9 Å². The number of halogens is 2. The number of hydrogen-bond donors (Lipinski definition) is 2. The maximum absolute atomic E-state index is 14.2. The molecule has 4 N–H and O–H groups in total. The topological polar surface area (TPSA) is 98.1 Å². The van der Waals surface area contributed by atoms with Crippen LogP contribution in [-0.2, 0) is 6.42 Å². The Morgan fingerprint density at radius 3 is 2.77 bits per heavy atom. The molecule has 1 atom stereocenters. The van der Waals surface area contributed by atoms with Crippen molar-refractivity contribution in [2.24, 2.45) is 11.5 Å². The highest BCUT2D eigenvalue weighted by atomic mass is 19.2. The summed E-state index contributed by atoms with van der Waals surface area (Å²) in [7, 11) is 0. The second kappa shape index (κ2) is 8.77. The molecule has 1 fully saturated rings. The minimum absolute atomic E-state index is 0.0504. The van der Waals surface area contributed by atoms with Gasteiger partial charge in [-0.05, 0) is 30.0 Å². The van der Waals surface area contributed by atoms with Crippen LogP contribution < -0.4 is 16.4 Å². The van der Waals surface area contributed by atoms with E-state index in [9.17, 15) is 13.6 Å². The molecule has 2 aromatic carbocycles. The minimum atomic E-state index is -0.904. The number of carbonyl (C=O) groups is 1. The van der Waals surface area contributed by atoms with Gasteiger partial charge in [0.05, 0.1) is 11.3 Å². The third kappa shape index (κ3) is 4.54. The second-order valence-electron chi connectivity index (χ2n) is 7.72. The Hall–Kier alpha value is -3.39. The fourth-order valence-corrected chi connectivity index (χ4v) is 3.86. The summed E-state index contributed by atoms with van der Waals surface area (Å²) in [6, 6.07) is 11.2. The lowest BCUT2D eigenvalue weighted by Crippen LogP contribution is -2.43. The van der Waals surface area contributed by atoms with E-state index in [2.05, 4.69) is 9.97 Å². The van der Waals surface area contributed by atoms with E-state index in [1.54, 1.807) is 18.2 Å². The first-order chi connectivity index (χ1) is 14.9. The molecule has 0 bridgehead atoms. The Kier molecular flexibility index (Phi) is 5.90. The van der Waals surface area contributed by atoms with Gasteiger partial charge in [-0.15, -0.1) is 0 Å². The van der Waals surface area contributed by atoms with Gasteiger partial charge in [0, 0.05) is 37.3 Å². The zero-order chi connectivity index (χ0) is 22.0. The van der Waals surface area contributed by atoms with E-state index >= 15 is 0 Å². The Morgan fingerprint density at radius 2 is 2.00 bits per heavy atom. The van der Waals surface area contributed by atoms with E-state index < -0.39 is 17.5 Å². The van der Waals surface area contributed by atoms with Crippen LogP contribution in [0.15, 0.2) is 48.7 Å². The number of aromatic nitrogens is 2. The number of benzene rings is 2. The van der Waals surface area contributed by atoms with E-state index in [1.807, 2.05) is 11.0 Å². The Balaban J connectivity index is 1.67. The molecule has 0 radical (unpaired) electrons. The molecule has 0 aliphatic carbocycles. The van der Waals surface area contributed by atoms with Crippen molar-refractivity contribution in [2.45, 2.75) is 25.3 Å². The average molecular weight is 423 g/mol. The Labute approximate surface area is 178 Å². The molecule has 2 heterocycles. The van der Waals surface area contributed by atoms with Crippen LogP contribution in [0.1, 0.15) is 34.5 Å². The molecule has 6 nitrogen and oxygen atoms in total. The Morgan fingerprint density at radius 1 is 1.19 bits per heavy atom. The highest BCUT2D eigenvalue weighted by Gasteiger charge is 2.21. The summed E-state index contributed by atoms with van der Waals surface area (Å²) in [6.07, 6.45) is 3.62. The molecule has 31 heavy (non-hydrogen) atoms. The summed E-state index contributed by atoms with van der Waals surface area (Å²) >= 11 is 0. The lowest BCUT2D eigenvalue weighted by molar-refractivity contribution is 0.0998. The fourth-order valence-electron chi connectivity index (χ4n) is 3.86. The lowest BCUT2D eigenvalue weighted by Gasteiger charge is -2.31. The van der Waals surface area contributed by atoms with Crippen LogP contribution in [0.25, 0.3) is 11.1 Å². The zero-order valence-electron chi connectivity index (χ0n) is 16.9. The van der Waals surface area contributed by atoms with Crippen LogP contribution in [0.3, 0.4) is 0 Å². The molecule has 1 aromatic heterocycles. The summed E-state index contributed by atoms with van der Waals surface area (Å²) in [5, 5.41) is 0. The molecular weight excluding hydrogens is 400 g/mol. The predicted molar refractivity (Wildman–Crippen MR) is 115 cm³/mol. The quantitative estimate of drug-likeness (QED) is 0.657. The molecule has 1 saturated heterocycles. The number of rotatable bonds is 5. The van der Waals surface area contributed by atoms with E-state index in [0.29, 0.717) is 30.2 Å². The van der Waals surface area contributed by atoms with Gasteiger partial charge in [0.25, 0.3) is 5.91 Å². The van der Waals surface area contributed by atoms with Crippen molar-refractivity contribution in [3.63, 3.8) is 0 Å². The summed E-state index contributed by atoms with van der Waals surface area (Å²) in [6.45, 7) is 1.43. The van der Waals surface area contributed by atoms with E-state index in [4.69, 9.17) is 11.5 Å². The molecule has 3 aromatic rings. The number of carbonyl (C=O) groups excluding carboxylic acids is 1. The van der Waals surface area contributed by atoms with Crippen LogP contribution in [0.4, 0.5) is 14.7 Å². The van der Waals surface area contributed by atoms with Crippen LogP contribution in [-0.4, -0.2) is 35.0 Å². The normalized spacial score (nSPS) is 16.4. The SMILES string of the molecule is NC(=O)c1cnc(N2CCC[C@H](N)C2)nc1Cc1cccc(-c2cccc(F)c2F)c1. The number of anilines is 1. The van der Waals surface area contributed by atoms with Gasteiger partial charge in [0.15, 0.2) is 11.6 Å². The maximum Gasteiger partial charge on any atom is 0.252 e. The van der Waals surface area contributed by atoms with Gasteiger partial charge in [-0.25, -0.2) is 18.7 Å². The predicted octanol–water partition coefficient (Wildman–Crippen LogP) is 3.04. The molecule has 1 amide bonds. The van der Waals surface area contributed by atoms with Crippen molar-refractivity contribution in [1.82, 2.24) is 9.97 Å². The summed E-state index contributed by atoms with van der Waals surface area (Å²) in [4.78, 5) is 22.9. The molecule has 4 rings (SSSR count). The number of primary amides is 1.